The van der Waals surface area contributed by atoms with Crippen molar-refractivity contribution in [1.82, 2.24) is 9.97 Å². The lowest BCUT2D eigenvalue weighted by molar-refractivity contribution is 0.0213. The van der Waals surface area contributed by atoms with Crippen molar-refractivity contribution < 1.29 is 8.78 Å². The summed E-state index contributed by atoms with van der Waals surface area (Å²) in [6, 6.07) is 0. The lowest BCUT2D eigenvalue weighted by Gasteiger charge is -2.11. The Bertz CT molecular complexity index is 322. The van der Waals surface area contributed by atoms with Crippen LogP contribution in [-0.2, 0) is 5.92 Å². The number of aromatic nitrogens is 2. The summed E-state index contributed by atoms with van der Waals surface area (Å²) in [5.41, 5.74) is 0.620. The maximum atomic E-state index is 13.1. The third-order valence-electron chi connectivity index (χ3n) is 2.21. The first-order chi connectivity index (χ1) is 6.63. The summed E-state index contributed by atoms with van der Waals surface area (Å²) >= 11 is 1.65. The van der Waals surface area contributed by atoms with E-state index in [4.69, 9.17) is 0 Å². The van der Waals surface area contributed by atoms with E-state index >= 15 is 0 Å². The second-order valence-electron chi connectivity index (χ2n) is 3.44. The van der Waals surface area contributed by atoms with Gasteiger partial charge in [0.05, 0.1) is 16.3 Å². The van der Waals surface area contributed by atoms with Crippen LogP contribution in [-0.4, -0.2) is 14.4 Å². The van der Waals surface area contributed by atoms with Gasteiger partial charge in [-0.3, -0.25) is 9.97 Å². The molecule has 0 radical (unpaired) electrons. The van der Waals surface area contributed by atoms with E-state index in [2.05, 4.69) is 9.97 Å². The zero-order valence-corrected chi connectivity index (χ0v) is 9.54. The van der Waals surface area contributed by atoms with Crippen molar-refractivity contribution in [3.63, 3.8) is 0 Å². The molecule has 0 amide bonds. The molecule has 1 heterocycles. The molecule has 2 rings (SSSR count). The average molecular weight is 310 g/mol. The van der Waals surface area contributed by atoms with Crippen LogP contribution >= 0.6 is 22.6 Å². The van der Waals surface area contributed by atoms with Gasteiger partial charge in [-0.25, -0.2) is 0 Å². The molecule has 0 saturated heterocycles. The second-order valence-corrected chi connectivity index (χ2v) is 4.20. The maximum absolute atomic E-state index is 13.1. The molecule has 14 heavy (non-hydrogen) atoms. The van der Waals surface area contributed by atoms with Gasteiger partial charge in [-0.1, -0.05) is 22.6 Å². The molecule has 1 aromatic rings. The second kappa shape index (κ2) is 3.67. The Morgan fingerprint density at radius 2 is 2.07 bits per heavy atom. The normalized spacial score (nSPS) is 17.1. The van der Waals surface area contributed by atoms with Gasteiger partial charge in [-0.15, -0.1) is 0 Å². The van der Waals surface area contributed by atoms with E-state index in [1.165, 1.54) is 12.4 Å². The summed E-state index contributed by atoms with van der Waals surface area (Å²) in [5, 5.41) is 0. The molecule has 1 aliphatic carbocycles. The Labute approximate surface area is 94.3 Å². The summed E-state index contributed by atoms with van der Waals surface area (Å²) in [7, 11) is 0. The van der Waals surface area contributed by atoms with E-state index in [9.17, 15) is 8.78 Å². The quantitative estimate of drug-likeness (QED) is 0.634. The number of nitrogens with zero attached hydrogens (tertiary/aromatic N) is 2. The van der Waals surface area contributed by atoms with Crippen molar-refractivity contribution in [2.24, 2.45) is 0 Å². The fraction of sp³-hybridized carbons (Fsp3) is 0.556. The van der Waals surface area contributed by atoms with Gasteiger partial charge in [0.15, 0.2) is 0 Å². The first-order valence-electron chi connectivity index (χ1n) is 4.39. The Hall–Kier alpha value is -0.330. The third kappa shape index (κ3) is 2.02. The van der Waals surface area contributed by atoms with Crippen LogP contribution in [0.2, 0.25) is 0 Å². The molecule has 1 aromatic heterocycles. The van der Waals surface area contributed by atoms with E-state index in [1.54, 1.807) is 22.6 Å². The van der Waals surface area contributed by atoms with E-state index in [1.807, 2.05) is 0 Å². The van der Waals surface area contributed by atoms with Crippen LogP contribution in [0.1, 0.15) is 30.1 Å². The Morgan fingerprint density at radius 3 is 2.50 bits per heavy atom. The number of halogens is 3. The maximum Gasteiger partial charge on any atom is 0.299 e. The number of rotatable bonds is 3. The molecule has 1 aliphatic rings. The van der Waals surface area contributed by atoms with Crippen LogP contribution in [0.15, 0.2) is 12.4 Å². The number of hydrogen-bond donors (Lipinski definition) is 0. The standard InChI is InChI=1S/C9H9F2IN2/c10-9(11,5-12)8-4-13-7(3-14-8)6-1-2-6/h3-4,6H,1-2,5H2. The highest BCUT2D eigenvalue weighted by molar-refractivity contribution is 14.1. The summed E-state index contributed by atoms with van der Waals surface area (Å²) in [6.07, 6.45) is 4.90. The fourth-order valence-electron chi connectivity index (χ4n) is 1.19. The smallest absolute Gasteiger partial charge is 0.257 e. The lowest BCUT2D eigenvalue weighted by atomic mass is 10.2. The highest BCUT2D eigenvalue weighted by Gasteiger charge is 2.33. The van der Waals surface area contributed by atoms with Gasteiger partial charge in [0.1, 0.15) is 5.69 Å². The van der Waals surface area contributed by atoms with E-state index in [-0.39, 0.29) is 10.1 Å². The molecule has 0 spiro atoms. The van der Waals surface area contributed by atoms with Gasteiger partial charge < -0.3 is 0 Å². The predicted molar refractivity (Wildman–Crippen MR) is 56.8 cm³/mol. The average Bonchev–Trinajstić information content (AvgIpc) is 3.01. The van der Waals surface area contributed by atoms with E-state index in [0.29, 0.717) is 5.92 Å². The van der Waals surface area contributed by atoms with Crippen LogP contribution in [0.5, 0.6) is 0 Å². The number of alkyl halides is 3. The van der Waals surface area contributed by atoms with Gasteiger partial charge in [0, 0.05) is 12.1 Å². The SMILES string of the molecule is FC(F)(CI)c1cnc(C2CC2)cn1. The van der Waals surface area contributed by atoms with E-state index in [0.717, 1.165) is 18.5 Å². The molecule has 0 atom stereocenters. The molecular formula is C9H9F2IN2. The zero-order valence-electron chi connectivity index (χ0n) is 7.38. The topological polar surface area (TPSA) is 25.8 Å². The molecule has 0 aromatic carbocycles. The molecule has 0 N–H and O–H groups in total. The monoisotopic (exact) mass is 310 g/mol. The molecule has 1 saturated carbocycles. The minimum atomic E-state index is -2.85. The molecule has 0 unspecified atom stereocenters. The predicted octanol–water partition coefficient (Wildman–Crippen LogP) is 2.88. The van der Waals surface area contributed by atoms with Crippen molar-refractivity contribution in [3.8, 4) is 0 Å². The zero-order chi connectivity index (χ0) is 10.2. The van der Waals surface area contributed by atoms with E-state index < -0.39 is 5.92 Å². The van der Waals surface area contributed by atoms with Crippen LogP contribution < -0.4 is 0 Å². The summed E-state index contributed by atoms with van der Waals surface area (Å²) in [5.74, 6) is -2.39. The van der Waals surface area contributed by atoms with Crippen molar-refractivity contribution in [1.29, 1.82) is 0 Å². The first-order valence-corrected chi connectivity index (χ1v) is 5.92. The fourth-order valence-corrected chi connectivity index (χ4v) is 1.58. The summed E-state index contributed by atoms with van der Waals surface area (Å²) in [6.45, 7) is 0. The molecule has 2 nitrogen and oxygen atoms in total. The van der Waals surface area contributed by atoms with Crippen LogP contribution in [0.25, 0.3) is 0 Å². The first kappa shape index (κ1) is 10.2. The Balaban J connectivity index is 2.20. The van der Waals surface area contributed by atoms with Crippen molar-refractivity contribution >= 4 is 22.6 Å². The minimum absolute atomic E-state index is 0.226. The van der Waals surface area contributed by atoms with Crippen molar-refractivity contribution in [2.75, 3.05) is 4.43 Å². The van der Waals surface area contributed by atoms with Crippen LogP contribution in [0, 0.1) is 0 Å². The highest BCUT2D eigenvalue weighted by atomic mass is 127. The molecular weight excluding hydrogens is 301 g/mol. The highest BCUT2D eigenvalue weighted by Crippen LogP contribution is 2.39. The van der Waals surface area contributed by atoms with Gasteiger partial charge in [0.25, 0.3) is 5.92 Å². The minimum Gasteiger partial charge on any atom is -0.257 e. The van der Waals surface area contributed by atoms with Crippen molar-refractivity contribution in [3.05, 3.63) is 23.8 Å². The van der Waals surface area contributed by atoms with Gasteiger partial charge in [0.2, 0.25) is 0 Å². The van der Waals surface area contributed by atoms with Gasteiger partial charge >= 0.3 is 0 Å². The lowest BCUT2D eigenvalue weighted by Crippen LogP contribution is -2.17. The van der Waals surface area contributed by atoms with Gasteiger partial charge in [-0.2, -0.15) is 8.78 Å². The van der Waals surface area contributed by atoms with Crippen LogP contribution in [0.4, 0.5) is 8.78 Å². The Kier molecular flexibility index (Phi) is 2.68. The molecule has 76 valence electrons. The summed E-state index contributed by atoms with van der Waals surface area (Å²) in [4.78, 5) is 7.77. The molecule has 0 bridgehead atoms. The Morgan fingerprint density at radius 1 is 1.36 bits per heavy atom. The summed E-state index contributed by atoms with van der Waals surface area (Å²) < 4.78 is 26.0. The van der Waals surface area contributed by atoms with Crippen molar-refractivity contribution in [2.45, 2.75) is 24.7 Å². The third-order valence-corrected chi connectivity index (χ3v) is 3.17. The van der Waals surface area contributed by atoms with Crippen LogP contribution in [0.3, 0.4) is 0 Å². The molecule has 0 aliphatic heterocycles. The number of hydrogen-bond acceptors (Lipinski definition) is 2. The largest absolute Gasteiger partial charge is 0.299 e. The van der Waals surface area contributed by atoms with Gasteiger partial charge in [-0.05, 0) is 12.8 Å². The molecule has 1 fully saturated rings. The molecule has 5 heteroatoms.